The Morgan fingerprint density at radius 3 is 2.57 bits per heavy atom. The predicted molar refractivity (Wildman–Crippen MR) is 117 cm³/mol. The van der Waals surface area contributed by atoms with Crippen molar-refractivity contribution in [1.82, 2.24) is 14.3 Å². The lowest BCUT2D eigenvalue weighted by Crippen LogP contribution is -2.35. The van der Waals surface area contributed by atoms with Gasteiger partial charge in [0.2, 0.25) is 15.9 Å². The first-order valence-corrected chi connectivity index (χ1v) is 12.1. The van der Waals surface area contributed by atoms with Gasteiger partial charge in [0.1, 0.15) is 5.01 Å². The van der Waals surface area contributed by atoms with Gasteiger partial charge in [-0.25, -0.2) is 13.4 Å². The molecule has 1 N–H and O–H groups in total. The topological polar surface area (TPSA) is 92.3 Å². The molecule has 9 heteroatoms. The smallest absolute Gasteiger partial charge is 0.243 e. The third kappa shape index (κ3) is 4.75. The zero-order valence-electron chi connectivity index (χ0n) is 16.3. The number of benzene rings is 1. The standard InChI is InChI=1S/C21H22N4O3S2/c26-20(13-18-15-29-21(24-18)16-5-4-10-22-14-16)23-17-6-8-19(9-7-17)30(27,28)25-11-2-1-3-12-25/h4-10,14-15H,1-3,11-13H2,(H,23,26). The molecule has 1 amide bonds. The second kappa shape index (κ2) is 9.03. The molecule has 0 aliphatic carbocycles. The normalized spacial score (nSPS) is 15.1. The minimum Gasteiger partial charge on any atom is -0.326 e. The van der Waals surface area contributed by atoms with E-state index in [1.165, 1.54) is 15.6 Å². The van der Waals surface area contributed by atoms with Gasteiger partial charge in [0.15, 0.2) is 0 Å². The van der Waals surface area contributed by atoms with Crippen LogP contribution in [0, 0.1) is 0 Å². The van der Waals surface area contributed by atoms with E-state index in [9.17, 15) is 13.2 Å². The molecule has 2 aromatic heterocycles. The fourth-order valence-electron chi connectivity index (χ4n) is 3.34. The number of carbonyl (C=O) groups is 1. The van der Waals surface area contributed by atoms with Gasteiger partial charge in [-0.1, -0.05) is 6.42 Å². The molecule has 0 saturated carbocycles. The SMILES string of the molecule is O=C(Cc1csc(-c2cccnc2)n1)Nc1ccc(S(=O)(=O)N2CCCCC2)cc1. The van der Waals surface area contributed by atoms with Crippen molar-refractivity contribution in [2.45, 2.75) is 30.6 Å². The molecule has 156 valence electrons. The number of carbonyl (C=O) groups excluding carboxylic acids is 1. The Bertz CT molecular complexity index is 1110. The summed E-state index contributed by atoms with van der Waals surface area (Å²) in [6.07, 6.45) is 6.44. The lowest BCUT2D eigenvalue weighted by molar-refractivity contribution is -0.115. The monoisotopic (exact) mass is 442 g/mol. The van der Waals surface area contributed by atoms with Gasteiger partial charge in [-0.15, -0.1) is 11.3 Å². The molecule has 0 bridgehead atoms. The summed E-state index contributed by atoms with van der Waals surface area (Å²) in [7, 11) is -3.47. The summed E-state index contributed by atoms with van der Waals surface area (Å²) in [5.74, 6) is -0.204. The van der Waals surface area contributed by atoms with Crippen LogP contribution in [0.3, 0.4) is 0 Å². The quantitative estimate of drug-likeness (QED) is 0.630. The van der Waals surface area contributed by atoms with Gasteiger partial charge < -0.3 is 5.32 Å². The van der Waals surface area contributed by atoms with Crippen molar-refractivity contribution in [3.8, 4) is 10.6 Å². The minimum absolute atomic E-state index is 0.143. The van der Waals surface area contributed by atoms with Crippen LogP contribution in [0.15, 0.2) is 59.1 Å². The van der Waals surface area contributed by atoms with Crippen LogP contribution in [-0.2, 0) is 21.2 Å². The summed E-state index contributed by atoms with van der Waals surface area (Å²) < 4.78 is 27.0. The molecule has 0 radical (unpaired) electrons. The first kappa shape index (κ1) is 20.6. The molecule has 1 aliphatic rings. The number of nitrogens with zero attached hydrogens (tertiary/aromatic N) is 3. The molecule has 1 aromatic carbocycles. The van der Waals surface area contributed by atoms with E-state index in [1.54, 1.807) is 36.7 Å². The van der Waals surface area contributed by atoms with E-state index < -0.39 is 10.0 Å². The molecular formula is C21H22N4O3S2. The van der Waals surface area contributed by atoms with Crippen LogP contribution >= 0.6 is 11.3 Å². The largest absolute Gasteiger partial charge is 0.326 e. The number of hydrogen-bond acceptors (Lipinski definition) is 6. The van der Waals surface area contributed by atoms with Gasteiger partial charge in [-0.3, -0.25) is 9.78 Å². The third-order valence-electron chi connectivity index (χ3n) is 4.89. The Morgan fingerprint density at radius 1 is 1.10 bits per heavy atom. The first-order chi connectivity index (χ1) is 14.5. The van der Waals surface area contributed by atoms with E-state index in [0.717, 1.165) is 29.8 Å². The number of pyridine rings is 1. The van der Waals surface area contributed by atoms with Gasteiger partial charge >= 0.3 is 0 Å². The number of nitrogens with one attached hydrogen (secondary N) is 1. The van der Waals surface area contributed by atoms with Crippen LogP contribution < -0.4 is 5.32 Å². The number of thiazole rings is 1. The van der Waals surface area contributed by atoms with E-state index in [0.29, 0.717) is 24.5 Å². The molecular weight excluding hydrogens is 420 g/mol. The molecule has 30 heavy (non-hydrogen) atoms. The van der Waals surface area contributed by atoms with Gasteiger partial charge in [-0.2, -0.15) is 4.31 Å². The highest BCUT2D eigenvalue weighted by Crippen LogP contribution is 2.24. The molecule has 1 aliphatic heterocycles. The minimum atomic E-state index is -3.47. The summed E-state index contributed by atoms with van der Waals surface area (Å²) in [5.41, 5.74) is 2.15. The highest BCUT2D eigenvalue weighted by Gasteiger charge is 2.25. The zero-order chi connectivity index (χ0) is 21.0. The highest BCUT2D eigenvalue weighted by atomic mass is 32.2. The van der Waals surface area contributed by atoms with Crippen LogP contribution in [0.25, 0.3) is 10.6 Å². The molecule has 3 aromatic rings. The van der Waals surface area contributed by atoms with Crippen LogP contribution in [0.4, 0.5) is 5.69 Å². The van der Waals surface area contributed by atoms with Gasteiger partial charge in [0.25, 0.3) is 0 Å². The summed E-state index contributed by atoms with van der Waals surface area (Å²) in [6, 6.07) is 10.1. The lowest BCUT2D eigenvalue weighted by Gasteiger charge is -2.25. The number of hydrogen-bond donors (Lipinski definition) is 1. The maximum atomic E-state index is 12.7. The van der Waals surface area contributed by atoms with E-state index in [4.69, 9.17) is 0 Å². The summed E-state index contributed by atoms with van der Waals surface area (Å²) in [5, 5.41) is 5.48. The Labute approximate surface area is 179 Å². The van der Waals surface area contributed by atoms with Crippen molar-refractivity contribution >= 4 is 33.0 Å². The molecule has 4 rings (SSSR count). The summed E-state index contributed by atoms with van der Waals surface area (Å²) in [6.45, 7) is 1.13. The van der Waals surface area contributed by atoms with Gasteiger partial charge in [0, 0.05) is 42.1 Å². The summed E-state index contributed by atoms with van der Waals surface area (Å²) >= 11 is 1.47. The number of anilines is 1. The molecule has 1 fully saturated rings. The number of amides is 1. The fraction of sp³-hybridized carbons (Fsp3) is 0.286. The van der Waals surface area contributed by atoms with E-state index >= 15 is 0 Å². The fourth-order valence-corrected chi connectivity index (χ4v) is 5.67. The van der Waals surface area contributed by atoms with E-state index in [-0.39, 0.29) is 17.2 Å². The van der Waals surface area contributed by atoms with Gasteiger partial charge in [-0.05, 0) is 49.2 Å². The first-order valence-electron chi connectivity index (χ1n) is 9.77. The van der Waals surface area contributed by atoms with Gasteiger partial charge in [0.05, 0.1) is 17.0 Å². The summed E-state index contributed by atoms with van der Waals surface area (Å²) in [4.78, 5) is 21.2. The molecule has 7 nitrogen and oxygen atoms in total. The third-order valence-corrected chi connectivity index (χ3v) is 7.75. The van der Waals surface area contributed by atoms with Crippen molar-refractivity contribution in [3.05, 3.63) is 59.9 Å². The predicted octanol–water partition coefficient (Wildman–Crippen LogP) is 3.56. The number of piperidine rings is 1. The number of rotatable bonds is 6. The van der Waals surface area contributed by atoms with Crippen LogP contribution in [0.2, 0.25) is 0 Å². The van der Waals surface area contributed by atoms with E-state index in [2.05, 4.69) is 15.3 Å². The van der Waals surface area contributed by atoms with Crippen molar-refractivity contribution in [3.63, 3.8) is 0 Å². The Kier molecular flexibility index (Phi) is 6.21. The molecule has 0 unspecified atom stereocenters. The van der Waals surface area contributed by atoms with Crippen LogP contribution in [-0.4, -0.2) is 41.7 Å². The van der Waals surface area contributed by atoms with Crippen molar-refractivity contribution in [2.75, 3.05) is 18.4 Å². The maximum Gasteiger partial charge on any atom is 0.243 e. The average Bonchev–Trinajstić information content (AvgIpc) is 3.24. The van der Waals surface area contributed by atoms with Crippen molar-refractivity contribution < 1.29 is 13.2 Å². The molecule has 3 heterocycles. The van der Waals surface area contributed by atoms with Crippen molar-refractivity contribution in [1.29, 1.82) is 0 Å². The van der Waals surface area contributed by atoms with Crippen LogP contribution in [0.1, 0.15) is 25.0 Å². The maximum absolute atomic E-state index is 12.7. The lowest BCUT2D eigenvalue weighted by atomic mass is 10.2. The number of aromatic nitrogens is 2. The zero-order valence-corrected chi connectivity index (χ0v) is 18.0. The Balaban J connectivity index is 1.38. The Hall–Kier alpha value is -2.62. The average molecular weight is 443 g/mol. The highest BCUT2D eigenvalue weighted by molar-refractivity contribution is 7.89. The second-order valence-corrected chi connectivity index (χ2v) is 9.90. The number of sulfonamides is 1. The van der Waals surface area contributed by atoms with Crippen LogP contribution in [0.5, 0.6) is 0 Å². The molecule has 1 saturated heterocycles. The Morgan fingerprint density at radius 2 is 1.87 bits per heavy atom. The van der Waals surface area contributed by atoms with E-state index in [1.807, 2.05) is 17.5 Å². The second-order valence-electron chi connectivity index (χ2n) is 7.10. The van der Waals surface area contributed by atoms with Crippen molar-refractivity contribution in [2.24, 2.45) is 0 Å². The molecule has 0 atom stereocenters. The molecule has 0 spiro atoms.